The molecule has 0 spiro atoms. The molecule has 3 fully saturated rings. The van der Waals surface area contributed by atoms with Gasteiger partial charge in [-0.3, -0.25) is 4.79 Å². The van der Waals surface area contributed by atoms with Gasteiger partial charge in [0.05, 0.1) is 29.4 Å². The molecule has 10 heteroatoms. The van der Waals surface area contributed by atoms with Gasteiger partial charge in [-0.25, -0.2) is 14.4 Å². The van der Waals surface area contributed by atoms with Crippen LogP contribution in [0, 0.1) is 23.2 Å². The SMILES string of the molecule is CC(C)(C)OC1(N2CC(COC(=O)NC34C=CC=C(Cc5nn(C6=CC(C#N)=CC=CC6)ccc5=O)C3C4)C2)CO1.[HH]. The molecule has 0 aromatic carbocycles. The predicted molar refractivity (Wildman–Crippen MR) is 153 cm³/mol. The third-order valence-electron chi connectivity index (χ3n) is 7.97. The highest BCUT2D eigenvalue weighted by atomic mass is 16.8. The molecule has 1 aromatic rings. The summed E-state index contributed by atoms with van der Waals surface area (Å²) in [7, 11) is 0. The first-order valence-corrected chi connectivity index (χ1v) is 14.1. The minimum atomic E-state index is -0.621. The number of allylic oxidation sites excluding steroid dienone is 8. The maximum atomic E-state index is 12.7. The van der Waals surface area contributed by atoms with Gasteiger partial charge in [0.2, 0.25) is 5.43 Å². The fraction of sp³-hybridized carbons (Fsp3) is 0.484. The number of hydrogen-bond acceptors (Lipinski definition) is 8. The number of nitrogens with zero attached hydrogens (tertiary/aromatic N) is 4. The molecule has 3 unspecified atom stereocenters. The number of epoxide rings is 1. The number of fused-ring (bicyclic) bond motifs is 1. The van der Waals surface area contributed by atoms with Crippen LogP contribution in [-0.4, -0.2) is 64.1 Å². The van der Waals surface area contributed by atoms with Crippen molar-refractivity contribution in [1.82, 2.24) is 20.0 Å². The average molecular weight is 560 g/mol. The van der Waals surface area contributed by atoms with E-state index in [9.17, 15) is 14.9 Å². The molecule has 3 heterocycles. The van der Waals surface area contributed by atoms with Gasteiger partial charge in [-0.1, -0.05) is 36.0 Å². The molecule has 3 atom stereocenters. The van der Waals surface area contributed by atoms with Gasteiger partial charge in [0.25, 0.3) is 5.91 Å². The zero-order valence-corrected chi connectivity index (χ0v) is 23.6. The lowest BCUT2D eigenvalue weighted by atomic mass is 9.96. The van der Waals surface area contributed by atoms with E-state index in [4.69, 9.17) is 14.2 Å². The smallest absolute Gasteiger partial charge is 0.407 e. The van der Waals surface area contributed by atoms with E-state index in [0.29, 0.717) is 37.3 Å². The number of likely N-dealkylation sites (tertiary alicyclic amines) is 1. The number of ether oxygens (including phenoxy) is 3. The Morgan fingerprint density at radius 3 is 2.85 bits per heavy atom. The zero-order valence-electron chi connectivity index (χ0n) is 23.6. The Morgan fingerprint density at radius 1 is 1.32 bits per heavy atom. The second-order valence-electron chi connectivity index (χ2n) is 12.4. The number of aromatic nitrogens is 2. The average Bonchev–Trinajstić information content (AvgIpc) is 3.80. The van der Waals surface area contributed by atoms with Crippen LogP contribution in [-0.2, 0) is 20.6 Å². The molecule has 1 saturated carbocycles. The van der Waals surface area contributed by atoms with Crippen LogP contribution in [0.25, 0.3) is 5.70 Å². The van der Waals surface area contributed by atoms with Crippen molar-refractivity contribution in [3.63, 3.8) is 0 Å². The minimum absolute atomic E-state index is 0. The fourth-order valence-corrected chi connectivity index (χ4v) is 5.76. The summed E-state index contributed by atoms with van der Waals surface area (Å²) in [6.45, 7) is 8.44. The largest absolute Gasteiger partial charge is 0.449 e. The van der Waals surface area contributed by atoms with Crippen LogP contribution < -0.4 is 10.7 Å². The number of carbonyl (C=O) groups is 1. The van der Waals surface area contributed by atoms with E-state index in [2.05, 4.69) is 21.4 Å². The molecule has 2 aliphatic heterocycles. The Bertz CT molecular complexity index is 1500. The van der Waals surface area contributed by atoms with Gasteiger partial charge in [-0.2, -0.15) is 10.4 Å². The molecule has 10 nitrogen and oxygen atoms in total. The Labute approximate surface area is 240 Å². The Kier molecular flexibility index (Phi) is 6.85. The summed E-state index contributed by atoms with van der Waals surface area (Å²) >= 11 is 0. The van der Waals surface area contributed by atoms with E-state index < -0.39 is 17.5 Å². The van der Waals surface area contributed by atoms with Gasteiger partial charge in [0.1, 0.15) is 12.3 Å². The first-order valence-electron chi connectivity index (χ1n) is 14.1. The third kappa shape index (κ3) is 5.84. The first-order chi connectivity index (χ1) is 19.6. The van der Waals surface area contributed by atoms with E-state index in [-0.39, 0.29) is 24.3 Å². The molecule has 5 aliphatic rings. The summed E-state index contributed by atoms with van der Waals surface area (Å²) in [4.78, 5) is 27.6. The number of rotatable bonds is 8. The second kappa shape index (κ2) is 10.2. The van der Waals surface area contributed by atoms with Crippen LogP contribution in [0.4, 0.5) is 4.79 Å². The number of amides is 1. The van der Waals surface area contributed by atoms with Gasteiger partial charge >= 0.3 is 6.09 Å². The van der Waals surface area contributed by atoms with E-state index >= 15 is 0 Å². The predicted octanol–water partition coefficient (Wildman–Crippen LogP) is 3.69. The Balaban J connectivity index is 0.00000353. The van der Waals surface area contributed by atoms with Gasteiger partial charge in [0, 0.05) is 57.2 Å². The summed E-state index contributed by atoms with van der Waals surface area (Å²) < 4.78 is 18.9. The van der Waals surface area contributed by atoms with Crippen molar-refractivity contribution in [2.75, 3.05) is 26.3 Å². The van der Waals surface area contributed by atoms with E-state index in [1.165, 1.54) is 6.07 Å². The normalized spacial score (nSPS) is 28.7. The van der Waals surface area contributed by atoms with Crippen LogP contribution >= 0.6 is 0 Å². The summed E-state index contributed by atoms with van der Waals surface area (Å²) in [6.07, 6.45) is 16.2. The molecule has 0 bridgehead atoms. The highest BCUT2D eigenvalue weighted by Crippen LogP contribution is 2.52. The number of nitriles is 1. The number of nitrogens with one attached hydrogen (secondary N) is 1. The van der Waals surface area contributed by atoms with Gasteiger partial charge in [-0.15, -0.1) is 0 Å². The summed E-state index contributed by atoms with van der Waals surface area (Å²) in [6, 6.07) is 3.67. The molecule has 0 radical (unpaired) electrons. The molecule has 41 heavy (non-hydrogen) atoms. The maximum Gasteiger partial charge on any atom is 0.407 e. The standard InChI is InChI=1S/C31H35N5O5.H2/c1-29(2,3)41-31(20-40-31)35-17-22(18-35)19-39-28(38)33-30-11-6-8-23(25(30)15-30)14-26-27(37)10-12-36(34-26)24-9-5-4-7-21(13-24)16-32;/h4-8,10-13,22,25H,9,14-15,17-20H2,1-3H3,(H,33,38);1H. The van der Waals surface area contributed by atoms with E-state index in [0.717, 1.165) is 30.8 Å². The van der Waals surface area contributed by atoms with Crippen molar-refractivity contribution in [2.45, 2.75) is 57.1 Å². The third-order valence-corrected chi connectivity index (χ3v) is 7.97. The first kappa shape index (κ1) is 27.4. The van der Waals surface area contributed by atoms with Crippen molar-refractivity contribution < 1.29 is 20.4 Å². The molecule has 1 aromatic heterocycles. The highest BCUT2D eigenvalue weighted by molar-refractivity contribution is 5.70. The topological polar surface area (TPSA) is 122 Å². The maximum absolute atomic E-state index is 12.7. The molecule has 1 amide bonds. The van der Waals surface area contributed by atoms with Gasteiger partial charge < -0.3 is 19.5 Å². The second-order valence-corrected chi connectivity index (χ2v) is 12.4. The lowest BCUT2D eigenvalue weighted by molar-refractivity contribution is -0.232. The molecule has 2 saturated heterocycles. The number of hydrogen-bond donors (Lipinski definition) is 1. The number of alkyl carbamates (subject to hydrolysis) is 1. The zero-order chi connectivity index (χ0) is 28.8. The van der Waals surface area contributed by atoms with Gasteiger partial charge in [-0.05, 0) is 39.3 Å². The molecular weight excluding hydrogens is 522 g/mol. The summed E-state index contributed by atoms with van der Waals surface area (Å²) in [5.74, 6) is -0.298. The van der Waals surface area contributed by atoms with Crippen LogP contribution in [0.2, 0.25) is 0 Å². The fourth-order valence-electron chi connectivity index (χ4n) is 5.76. The lowest BCUT2D eigenvalue weighted by Crippen LogP contribution is -2.58. The molecule has 6 rings (SSSR count). The Morgan fingerprint density at radius 2 is 2.12 bits per heavy atom. The minimum Gasteiger partial charge on any atom is -0.449 e. The monoisotopic (exact) mass is 559 g/mol. The molecule has 216 valence electrons. The van der Waals surface area contributed by atoms with Crippen molar-refractivity contribution in [3.05, 3.63) is 81.9 Å². The van der Waals surface area contributed by atoms with E-state index in [1.54, 1.807) is 23.0 Å². The van der Waals surface area contributed by atoms with Crippen molar-refractivity contribution in [2.24, 2.45) is 11.8 Å². The van der Waals surface area contributed by atoms with Crippen molar-refractivity contribution in [1.29, 1.82) is 5.26 Å². The van der Waals surface area contributed by atoms with Gasteiger partial charge in [0.15, 0.2) is 0 Å². The van der Waals surface area contributed by atoms with Crippen LogP contribution in [0.3, 0.4) is 0 Å². The quantitative estimate of drug-likeness (QED) is 0.479. The summed E-state index contributed by atoms with van der Waals surface area (Å²) in [5, 5.41) is 17.0. The summed E-state index contributed by atoms with van der Waals surface area (Å²) in [5.41, 5.74) is 1.89. The number of carbonyl (C=O) groups excluding carboxylic acids is 1. The highest BCUT2D eigenvalue weighted by Gasteiger charge is 2.58. The van der Waals surface area contributed by atoms with Crippen LogP contribution in [0.1, 0.15) is 40.7 Å². The van der Waals surface area contributed by atoms with Crippen LogP contribution in [0.5, 0.6) is 0 Å². The molecule has 3 aliphatic carbocycles. The van der Waals surface area contributed by atoms with Crippen LogP contribution in [0.15, 0.2) is 70.7 Å². The lowest BCUT2D eigenvalue weighted by Gasteiger charge is -2.43. The van der Waals surface area contributed by atoms with Crippen molar-refractivity contribution >= 4 is 11.8 Å². The van der Waals surface area contributed by atoms with E-state index in [1.807, 2.05) is 51.2 Å². The molecule has 1 N–H and O–H groups in total. The molecular formula is C31H37N5O5. The van der Waals surface area contributed by atoms with Crippen molar-refractivity contribution in [3.8, 4) is 6.07 Å². The Hall–Kier alpha value is -3.78.